The van der Waals surface area contributed by atoms with Crippen molar-refractivity contribution < 1.29 is 4.79 Å². The van der Waals surface area contributed by atoms with E-state index in [2.05, 4.69) is 36.4 Å². The van der Waals surface area contributed by atoms with Crippen molar-refractivity contribution in [1.29, 1.82) is 0 Å². The summed E-state index contributed by atoms with van der Waals surface area (Å²) >= 11 is 12.4. The molecule has 0 aromatic carbocycles. The van der Waals surface area contributed by atoms with Crippen LogP contribution in [-0.4, -0.2) is 33.7 Å². The van der Waals surface area contributed by atoms with Crippen molar-refractivity contribution in [2.75, 3.05) is 13.1 Å². The fourth-order valence-corrected chi connectivity index (χ4v) is 5.95. The molecule has 1 aliphatic heterocycles. The van der Waals surface area contributed by atoms with Gasteiger partial charge in [-0.3, -0.25) is 14.3 Å². The molecule has 4 nitrogen and oxygen atoms in total. The Morgan fingerprint density at radius 3 is 2.92 bits per heavy atom. The number of rotatable bonds is 4. The zero-order chi connectivity index (χ0) is 17.5. The summed E-state index contributed by atoms with van der Waals surface area (Å²) in [6, 6.07) is 3.85. The quantitative estimate of drug-likeness (QED) is 0.627. The molecule has 1 aliphatic rings. The first-order valence-electron chi connectivity index (χ1n) is 8.04. The highest BCUT2D eigenvalue weighted by atomic mass is 35.5. The summed E-state index contributed by atoms with van der Waals surface area (Å²) in [5, 5.41) is 2.19. The third kappa shape index (κ3) is 2.43. The standard InChI is InChI=1S/C17H20ClN3OS2/c1-4-21(9-7-11(2)17(21,3)16(22)23)15-13(18)20-14(24-15)12-6-5-8-19-10-12/h5-6,8,10-11H,4,7,9H2,1-3H3/p+1/t11?,17-,21?/m0/s1. The molecule has 0 bridgehead atoms. The van der Waals surface area contributed by atoms with Gasteiger partial charge in [0.25, 0.3) is 0 Å². The molecule has 0 aliphatic carbocycles. The van der Waals surface area contributed by atoms with Gasteiger partial charge in [0.05, 0.1) is 13.1 Å². The summed E-state index contributed by atoms with van der Waals surface area (Å²) in [7, 11) is 0. The largest absolute Gasteiger partial charge is 0.280 e. The third-order valence-corrected chi connectivity index (χ3v) is 7.72. The Balaban J connectivity index is 2.16. The third-order valence-electron chi connectivity index (χ3n) is 5.63. The van der Waals surface area contributed by atoms with Gasteiger partial charge in [-0.05, 0) is 26.0 Å². The van der Waals surface area contributed by atoms with E-state index >= 15 is 0 Å². The zero-order valence-corrected chi connectivity index (χ0v) is 16.5. The Labute approximate surface area is 156 Å². The molecular formula is C17H21ClN3OS2+. The number of thiol groups is 1. The van der Waals surface area contributed by atoms with Gasteiger partial charge in [-0.15, -0.1) is 0 Å². The van der Waals surface area contributed by atoms with Gasteiger partial charge >= 0.3 is 0 Å². The Kier molecular flexibility index (Phi) is 4.77. The van der Waals surface area contributed by atoms with Crippen LogP contribution in [0.5, 0.6) is 0 Å². The minimum Gasteiger partial charge on any atom is -0.280 e. The molecule has 1 saturated heterocycles. The van der Waals surface area contributed by atoms with Crippen LogP contribution >= 0.6 is 35.6 Å². The van der Waals surface area contributed by atoms with E-state index in [0.717, 1.165) is 35.1 Å². The fourth-order valence-electron chi connectivity index (χ4n) is 3.86. The first-order valence-corrected chi connectivity index (χ1v) is 9.69. The number of carbonyl (C=O) groups is 1. The van der Waals surface area contributed by atoms with E-state index in [0.29, 0.717) is 9.64 Å². The Hall–Kier alpha value is -0.950. The van der Waals surface area contributed by atoms with E-state index in [1.54, 1.807) is 23.7 Å². The number of carbonyl (C=O) groups excluding carboxylic acids is 1. The molecule has 2 aromatic rings. The molecular weight excluding hydrogens is 362 g/mol. The molecule has 3 heterocycles. The van der Waals surface area contributed by atoms with E-state index in [-0.39, 0.29) is 11.0 Å². The maximum atomic E-state index is 12.5. The number of quaternary nitrogens is 1. The van der Waals surface area contributed by atoms with Crippen LogP contribution in [0.3, 0.4) is 0 Å². The SMILES string of the molecule is CC[N+]1(c2sc(-c3cccnc3)nc2Cl)CCC(C)[C@@]1(C)C(=O)S. The number of hydrogen-bond donors (Lipinski definition) is 1. The van der Waals surface area contributed by atoms with Crippen LogP contribution in [0.25, 0.3) is 10.6 Å². The number of halogens is 1. The van der Waals surface area contributed by atoms with E-state index in [1.807, 2.05) is 19.1 Å². The molecule has 7 heteroatoms. The van der Waals surface area contributed by atoms with Crippen molar-refractivity contribution in [2.24, 2.45) is 5.92 Å². The molecule has 0 saturated carbocycles. The zero-order valence-electron chi connectivity index (χ0n) is 14.0. The lowest BCUT2D eigenvalue weighted by molar-refractivity contribution is -0.120. The summed E-state index contributed by atoms with van der Waals surface area (Å²) in [4.78, 5) is 21.2. The summed E-state index contributed by atoms with van der Waals surface area (Å²) in [5.74, 6) is 0.238. The molecule has 128 valence electrons. The second kappa shape index (κ2) is 6.41. The van der Waals surface area contributed by atoms with Crippen molar-refractivity contribution in [3.8, 4) is 10.6 Å². The smallest absolute Gasteiger partial charge is 0.246 e. The highest BCUT2D eigenvalue weighted by molar-refractivity contribution is 7.96. The van der Waals surface area contributed by atoms with Gasteiger partial charge in [-0.1, -0.05) is 42.5 Å². The minimum atomic E-state index is -0.597. The van der Waals surface area contributed by atoms with Crippen LogP contribution < -0.4 is 4.48 Å². The predicted molar refractivity (Wildman–Crippen MR) is 104 cm³/mol. The Bertz CT molecular complexity index is 766. The maximum Gasteiger partial charge on any atom is 0.246 e. The van der Waals surface area contributed by atoms with Gasteiger partial charge in [-0.2, -0.15) is 0 Å². The van der Waals surface area contributed by atoms with Gasteiger partial charge in [0.1, 0.15) is 5.01 Å². The number of aromatic nitrogens is 2. The van der Waals surface area contributed by atoms with Crippen molar-refractivity contribution in [3.63, 3.8) is 0 Å². The molecule has 2 unspecified atom stereocenters. The highest BCUT2D eigenvalue weighted by Gasteiger charge is 2.61. The second-order valence-electron chi connectivity index (χ2n) is 6.51. The van der Waals surface area contributed by atoms with E-state index in [9.17, 15) is 4.79 Å². The second-order valence-corrected chi connectivity index (χ2v) is 8.25. The van der Waals surface area contributed by atoms with Crippen molar-refractivity contribution in [1.82, 2.24) is 14.5 Å². The van der Waals surface area contributed by atoms with Gasteiger partial charge in [0, 0.05) is 30.3 Å². The van der Waals surface area contributed by atoms with Crippen molar-refractivity contribution >= 4 is 45.7 Å². The monoisotopic (exact) mass is 382 g/mol. The van der Waals surface area contributed by atoms with Crippen molar-refractivity contribution in [2.45, 2.75) is 32.7 Å². The van der Waals surface area contributed by atoms with Gasteiger partial charge in [0.15, 0.2) is 5.54 Å². The number of thiazole rings is 1. The first kappa shape index (κ1) is 17.9. The number of nitrogens with zero attached hydrogens (tertiary/aromatic N) is 3. The maximum absolute atomic E-state index is 12.5. The number of likely N-dealkylation sites (N-methyl/N-ethyl adjacent to an activating group) is 1. The van der Waals surface area contributed by atoms with Gasteiger partial charge in [0.2, 0.25) is 15.3 Å². The lowest BCUT2D eigenvalue weighted by atomic mass is 9.88. The molecule has 3 atom stereocenters. The number of pyridine rings is 1. The first-order chi connectivity index (χ1) is 11.4. The lowest BCUT2D eigenvalue weighted by Gasteiger charge is -2.44. The normalized spacial score (nSPS) is 29.8. The Morgan fingerprint density at radius 2 is 2.33 bits per heavy atom. The molecule has 1 fully saturated rings. The van der Waals surface area contributed by atoms with Gasteiger partial charge in [-0.25, -0.2) is 4.98 Å². The molecule has 2 aromatic heterocycles. The van der Waals surface area contributed by atoms with E-state index in [4.69, 9.17) is 11.6 Å². The fraction of sp³-hybridized carbons (Fsp3) is 0.471. The molecule has 3 rings (SSSR count). The van der Waals surface area contributed by atoms with Crippen LogP contribution in [0.4, 0.5) is 5.00 Å². The van der Waals surface area contributed by atoms with Crippen molar-refractivity contribution in [3.05, 3.63) is 29.7 Å². The van der Waals surface area contributed by atoms with Crippen LogP contribution in [-0.2, 0) is 4.79 Å². The summed E-state index contributed by atoms with van der Waals surface area (Å²) in [6.45, 7) is 7.90. The Morgan fingerprint density at radius 1 is 1.58 bits per heavy atom. The molecule has 24 heavy (non-hydrogen) atoms. The minimum absolute atomic E-state index is 0.0817. The van der Waals surface area contributed by atoms with Crippen LogP contribution in [0, 0.1) is 5.92 Å². The van der Waals surface area contributed by atoms with Crippen LogP contribution in [0.2, 0.25) is 5.15 Å². The van der Waals surface area contributed by atoms with Gasteiger partial charge < -0.3 is 0 Å². The van der Waals surface area contributed by atoms with Crippen LogP contribution in [0.15, 0.2) is 24.5 Å². The molecule has 0 N–H and O–H groups in total. The average Bonchev–Trinajstić information content (AvgIpc) is 3.09. The topological polar surface area (TPSA) is 42.9 Å². The average molecular weight is 383 g/mol. The van der Waals surface area contributed by atoms with E-state index in [1.165, 1.54) is 0 Å². The highest BCUT2D eigenvalue weighted by Crippen LogP contribution is 2.52. The summed E-state index contributed by atoms with van der Waals surface area (Å²) in [5.41, 5.74) is 0.344. The molecule has 0 amide bonds. The lowest BCUT2D eigenvalue weighted by Crippen LogP contribution is -2.65. The van der Waals surface area contributed by atoms with E-state index < -0.39 is 5.54 Å². The number of hydrogen-bond acceptors (Lipinski definition) is 4. The molecule has 0 spiro atoms. The molecule has 0 radical (unpaired) electrons. The van der Waals surface area contributed by atoms with Crippen LogP contribution in [0.1, 0.15) is 27.2 Å². The summed E-state index contributed by atoms with van der Waals surface area (Å²) in [6.07, 6.45) is 4.48. The number of likely N-dealkylation sites (tertiary alicyclic amines) is 1. The predicted octanol–water partition coefficient (Wildman–Crippen LogP) is 4.44. The summed E-state index contributed by atoms with van der Waals surface area (Å²) < 4.78 is 0.521.